The highest BCUT2D eigenvalue weighted by molar-refractivity contribution is 7.89. The number of piperidine rings is 1. The van der Waals surface area contributed by atoms with Crippen LogP contribution >= 0.6 is 0 Å². The maximum absolute atomic E-state index is 11.5. The van der Waals surface area contributed by atoms with Gasteiger partial charge in [0.25, 0.3) is 6.01 Å². The molecule has 0 spiro atoms. The van der Waals surface area contributed by atoms with E-state index in [1.807, 2.05) is 19.1 Å². The number of anilines is 1. The fourth-order valence-electron chi connectivity index (χ4n) is 3.97. The Bertz CT molecular complexity index is 1410. The van der Waals surface area contributed by atoms with Crippen molar-refractivity contribution in [1.29, 1.82) is 0 Å². The molecule has 1 fully saturated rings. The molecule has 0 saturated carbocycles. The first kappa shape index (κ1) is 25.2. The van der Waals surface area contributed by atoms with Crippen molar-refractivity contribution in [2.24, 2.45) is 5.14 Å². The van der Waals surface area contributed by atoms with Gasteiger partial charge in [0.1, 0.15) is 5.52 Å². The number of fused-ring (bicyclic) bond motifs is 1. The van der Waals surface area contributed by atoms with Gasteiger partial charge in [0.15, 0.2) is 17.1 Å². The van der Waals surface area contributed by atoms with Crippen LogP contribution in [0.15, 0.2) is 45.7 Å². The van der Waals surface area contributed by atoms with E-state index in [4.69, 9.17) is 18.5 Å². The second-order valence-electron chi connectivity index (χ2n) is 8.39. The predicted octanol–water partition coefficient (Wildman–Crippen LogP) is 2.29. The molecule has 0 amide bonds. The van der Waals surface area contributed by atoms with E-state index >= 15 is 0 Å². The lowest BCUT2D eigenvalue weighted by Crippen LogP contribution is -2.38. The van der Waals surface area contributed by atoms with Gasteiger partial charge in [-0.15, -0.1) is 0 Å². The van der Waals surface area contributed by atoms with Crippen molar-refractivity contribution >= 4 is 37.3 Å². The zero-order valence-corrected chi connectivity index (χ0v) is 21.1. The van der Waals surface area contributed by atoms with E-state index in [-0.39, 0.29) is 16.7 Å². The number of rotatable bonds is 9. The van der Waals surface area contributed by atoms with E-state index in [1.54, 1.807) is 12.1 Å². The van der Waals surface area contributed by atoms with Gasteiger partial charge in [-0.25, -0.2) is 13.6 Å². The van der Waals surface area contributed by atoms with E-state index in [0.29, 0.717) is 36.0 Å². The summed E-state index contributed by atoms with van der Waals surface area (Å²) in [6.07, 6.45) is 2.71. The molecule has 0 bridgehead atoms. The predicted molar refractivity (Wildman–Crippen MR) is 130 cm³/mol. The summed E-state index contributed by atoms with van der Waals surface area (Å²) in [7, 11) is -7.46. The Morgan fingerprint density at radius 1 is 1.11 bits per heavy atom. The normalized spacial score (nSPS) is 15.9. The third kappa shape index (κ3) is 6.63. The van der Waals surface area contributed by atoms with Gasteiger partial charge in [0.2, 0.25) is 10.0 Å². The summed E-state index contributed by atoms with van der Waals surface area (Å²) in [5.74, 6) is 0.573. The van der Waals surface area contributed by atoms with Crippen molar-refractivity contribution in [2.45, 2.75) is 37.2 Å². The summed E-state index contributed by atoms with van der Waals surface area (Å²) in [5, 5.41) is 8.47. The van der Waals surface area contributed by atoms with E-state index in [2.05, 4.69) is 15.2 Å². The monoisotopic (exact) mass is 524 g/mol. The third-order valence-corrected chi connectivity index (χ3v) is 6.95. The first-order chi connectivity index (χ1) is 16.5. The highest BCUT2D eigenvalue weighted by Crippen LogP contribution is 2.31. The third-order valence-electron chi connectivity index (χ3n) is 5.56. The quantitative estimate of drug-likeness (QED) is 0.398. The SMILES string of the molecule is CCOc1cc(CN2CCC(Nc3nc4cc(S(N)(=O)=O)ccc4o3)CC2)ccc1OS(C)(=O)=O. The second kappa shape index (κ2) is 10.0. The number of ether oxygens (including phenoxy) is 1. The molecule has 2 heterocycles. The standard InChI is InChI=1S/C22H28N4O7S2/c1-3-31-21-12-15(4-6-20(21)33-34(2,27)28)14-26-10-8-16(9-11-26)24-22-25-18-13-17(35(23,29)30)5-7-19(18)32-22/h4-7,12-13,16H,3,8-11,14H2,1-2H3,(H,24,25)(H2,23,29,30). The molecular formula is C22H28N4O7S2. The summed E-state index contributed by atoms with van der Waals surface area (Å²) in [6, 6.07) is 10.1. The molecule has 3 aromatic rings. The summed E-state index contributed by atoms with van der Waals surface area (Å²) >= 11 is 0. The average molecular weight is 525 g/mol. The fourth-order valence-corrected chi connectivity index (χ4v) is 4.96. The molecule has 11 nitrogen and oxygen atoms in total. The maximum Gasteiger partial charge on any atom is 0.306 e. The largest absolute Gasteiger partial charge is 0.490 e. The molecule has 0 aliphatic carbocycles. The molecule has 35 heavy (non-hydrogen) atoms. The number of aromatic nitrogens is 1. The number of primary sulfonamides is 1. The maximum atomic E-state index is 11.5. The van der Waals surface area contributed by atoms with Crippen LogP contribution in [0.5, 0.6) is 11.5 Å². The first-order valence-corrected chi connectivity index (χ1v) is 14.4. The zero-order chi connectivity index (χ0) is 25.2. The molecule has 2 aromatic carbocycles. The first-order valence-electron chi connectivity index (χ1n) is 11.1. The number of likely N-dealkylation sites (tertiary alicyclic amines) is 1. The number of nitrogens with zero attached hydrogens (tertiary/aromatic N) is 2. The molecule has 3 N–H and O–H groups in total. The van der Waals surface area contributed by atoms with Crippen LogP contribution in [0.2, 0.25) is 0 Å². The van der Waals surface area contributed by atoms with Crippen LogP contribution in [-0.2, 0) is 26.7 Å². The van der Waals surface area contributed by atoms with Crippen molar-refractivity contribution in [2.75, 3.05) is 31.3 Å². The Balaban J connectivity index is 1.35. The van der Waals surface area contributed by atoms with Crippen molar-refractivity contribution in [3.63, 3.8) is 0 Å². The lowest BCUT2D eigenvalue weighted by Gasteiger charge is -2.32. The summed E-state index contributed by atoms with van der Waals surface area (Å²) in [4.78, 5) is 6.63. The molecule has 0 unspecified atom stereocenters. The number of oxazole rings is 1. The Morgan fingerprint density at radius 3 is 2.51 bits per heavy atom. The number of hydrogen-bond donors (Lipinski definition) is 2. The molecule has 1 aliphatic heterocycles. The van der Waals surface area contributed by atoms with E-state index in [0.717, 1.165) is 37.8 Å². The topological polar surface area (TPSA) is 154 Å². The van der Waals surface area contributed by atoms with Crippen molar-refractivity contribution < 1.29 is 30.2 Å². The Kier molecular flexibility index (Phi) is 7.22. The highest BCUT2D eigenvalue weighted by Gasteiger charge is 2.22. The minimum atomic E-state index is -3.81. The van der Waals surface area contributed by atoms with Gasteiger partial charge in [-0.2, -0.15) is 13.4 Å². The molecule has 190 valence electrons. The number of sulfonamides is 1. The van der Waals surface area contributed by atoms with Gasteiger partial charge >= 0.3 is 10.1 Å². The van der Waals surface area contributed by atoms with Crippen LogP contribution in [0.25, 0.3) is 11.1 Å². The van der Waals surface area contributed by atoms with Crippen LogP contribution < -0.4 is 19.4 Å². The minimum absolute atomic E-state index is 0.0124. The van der Waals surface area contributed by atoms with E-state index in [1.165, 1.54) is 12.1 Å². The Morgan fingerprint density at radius 2 is 1.86 bits per heavy atom. The summed E-state index contributed by atoms with van der Waals surface area (Å²) in [6.45, 7) is 4.56. The molecule has 1 aliphatic rings. The Labute approximate surface area is 204 Å². The van der Waals surface area contributed by atoms with E-state index in [9.17, 15) is 16.8 Å². The summed E-state index contributed by atoms with van der Waals surface area (Å²) in [5.41, 5.74) is 1.89. The number of nitrogens with one attached hydrogen (secondary N) is 1. The lowest BCUT2D eigenvalue weighted by atomic mass is 10.0. The summed E-state index contributed by atoms with van der Waals surface area (Å²) < 4.78 is 62.4. The van der Waals surface area contributed by atoms with Crippen LogP contribution in [-0.4, -0.2) is 58.7 Å². The van der Waals surface area contributed by atoms with Gasteiger partial charge in [0, 0.05) is 25.7 Å². The molecule has 0 atom stereocenters. The molecule has 0 radical (unpaired) electrons. The van der Waals surface area contributed by atoms with Gasteiger partial charge in [-0.05, 0) is 55.7 Å². The smallest absolute Gasteiger partial charge is 0.306 e. The zero-order valence-electron chi connectivity index (χ0n) is 19.4. The van der Waals surface area contributed by atoms with Crippen LogP contribution in [0.4, 0.5) is 6.01 Å². The molecular weight excluding hydrogens is 496 g/mol. The average Bonchev–Trinajstić information content (AvgIpc) is 3.17. The molecule has 1 aromatic heterocycles. The number of benzene rings is 2. The van der Waals surface area contributed by atoms with Gasteiger partial charge in [0.05, 0.1) is 17.8 Å². The van der Waals surface area contributed by atoms with Crippen molar-refractivity contribution in [3.05, 3.63) is 42.0 Å². The second-order valence-corrected chi connectivity index (χ2v) is 11.5. The number of nitrogens with two attached hydrogens (primary N) is 1. The molecule has 13 heteroatoms. The number of hydrogen-bond acceptors (Lipinski definition) is 10. The van der Waals surface area contributed by atoms with Crippen LogP contribution in [0.1, 0.15) is 25.3 Å². The fraction of sp³-hybridized carbons (Fsp3) is 0.409. The molecule has 1 saturated heterocycles. The van der Waals surface area contributed by atoms with Gasteiger partial charge in [-0.1, -0.05) is 6.07 Å². The van der Waals surface area contributed by atoms with Gasteiger partial charge in [-0.3, -0.25) is 4.90 Å². The van der Waals surface area contributed by atoms with E-state index < -0.39 is 20.1 Å². The highest BCUT2D eigenvalue weighted by atomic mass is 32.2. The van der Waals surface area contributed by atoms with Crippen LogP contribution in [0.3, 0.4) is 0 Å². The molecule has 4 rings (SSSR count). The lowest BCUT2D eigenvalue weighted by molar-refractivity contribution is 0.210. The van der Waals surface area contributed by atoms with Crippen molar-refractivity contribution in [3.8, 4) is 11.5 Å². The Hall–Kier alpha value is -2.87. The minimum Gasteiger partial charge on any atom is -0.490 e. The van der Waals surface area contributed by atoms with Gasteiger partial charge < -0.3 is 18.7 Å². The van der Waals surface area contributed by atoms with Crippen molar-refractivity contribution in [1.82, 2.24) is 9.88 Å². The van der Waals surface area contributed by atoms with Crippen LogP contribution in [0, 0.1) is 0 Å².